The SMILES string of the molecule is [N-]=[N+]=NCC1CN(c2ccc(C(=O)NN)c(F)c2C(=O)Cc2ccccn2)C(=O)O1. The number of pyridine rings is 1. The molecule has 2 aromatic rings. The highest BCUT2D eigenvalue weighted by Crippen LogP contribution is 2.30. The maximum atomic E-state index is 15.2. The van der Waals surface area contributed by atoms with Crippen LogP contribution in [0.3, 0.4) is 0 Å². The molecule has 2 heterocycles. The second-order valence-corrected chi connectivity index (χ2v) is 6.25. The Kier molecular flexibility index (Phi) is 6.20. The first kappa shape index (κ1) is 20.7. The number of carbonyl (C=O) groups is 3. The summed E-state index contributed by atoms with van der Waals surface area (Å²) in [4.78, 5) is 44.8. The van der Waals surface area contributed by atoms with Crippen LogP contribution in [0.5, 0.6) is 0 Å². The summed E-state index contributed by atoms with van der Waals surface area (Å²) in [6, 6.07) is 7.29. The number of nitrogen functional groups attached to an aromatic ring is 1. The number of ketones is 1. The molecule has 30 heavy (non-hydrogen) atoms. The Labute approximate surface area is 169 Å². The minimum Gasteiger partial charge on any atom is -0.444 e. The van der Waals surface area contributed by atoms with Gasteiger partial charge in [-0.2, -0.15) is 0 Å². The van der Waals surface area contributed by atoms with E-state index in [1.807, 2.05) is 5.43 Å². The molecule has 1 fully saturated rings. The number of ether oxygens (including phenoxy) is 1. The quantitative estimate of drug-likeness (QED) is 0.134. The summed E-state index contributed by atoms with van der Waals surface area (Å²) < 4.78 is 20.3. The number of azide groups is 1. The predicted molar refractivity (Wildman–Crippen MR) is 102 cm³/mol. The van der Waals surface area contributed by atoms with E-state index >= 15 is 4.39 Å². The topological polar surface area (TPSA) is 163 Å². The first-order chi connectivity index (χ1) is 14.5. The number of hydrogen-bond donors (Lipinski definition) is 2. The van der Waals surface area contributed by atoms with E-state index in [2.05, 4.69) is 15.0 Å². The lowest BCUT2D eigenvalue weighted by molar-refractivity contribution is 0.0949. The summed E-state index contributed by atoms with van der Waals surface area (Å²) in [5.41, 5.74) is 9.63. The van der Waals surface area contributed by atoms with Crippen molar-refractivity contribution in [1.82, 2.24) is 10.4 Å². The van der Waals surface area contributed by atoms with Gasteiger partial charge in [0.25, 0.3) is 5.91 Å². The lowest BCUT2D eigenvalue weighted by Gasteiger charge is -2.19. The Morgan fingerprint density at radius 2 is 2.20 bits per heavy atom. The fourth-order valence-corrected chi connectivity index (χ4v) is 3.01. The largest absolute Gasteiger partial charge is 0.444 e. The highest BCUT2D eigenvalue weighted by atomic mass is 19.1. The summed E-state index contributed by atoms with van der Waals surface area (Å²) in [5, 5.41) is 3.36. The number of Topliss-reactive ketones (excluding diaryl/α,β-unsaturated/α-hetero) is 1. The second kappa shape index (κ2) is 8.99. The minimum atomic E-state index is -1.12. The van der Waals surface area contributed by atoms with Crippen molar-refractivity contribution < 1.29 is 23.5 Å². The van der Waals surface area contributed by atoms with E-state index in [0.29, 0.717) is 5.69 Å². The first-order valence-electron chi connectivity index (χ1n) is 8.71. The average molecular weight is 413 g/mol. The molecule has 11 nitrogen and oxygen atoms in total. The number of nitrogens with one attached hydrogen (secondary N) is 1. The van der Waals surface area contributed by atoms with Crippen LogP contribution in [-0.4, -0.2) is 42.0 Å². The summed E-state index contributed by atoms with van der Waals surface area (Å²) in [6.07, 6.45) is -0.377. The average Bonchev–Trinajstić information content (AvgIpc) is 3.12. The Morgan fingerprint density at radius 3 is 2.87 bits per heavy atom. The molecule has 1 aliphatic heterocycles. The molecular formula is C18H16FN7O4. The molecule has 154 valence electrons. The second-order valence-electron chi connectivity index (χ2n) is 6.25. The lowest BCUT2D eigenvalue weighted by atomic mass is 9.99. The highest BCUT2D eigenvalue weighted by molar-refractivity contribution is 6.08. The Balaban J connectivity index is 2.03. The third kappa shape index (κ3) is 4.19. The first-order valence-corrected chi connectivity index (χ1v) is 8.71. The van der Waals surface area contributed by atoms with Gasteiger partial charge in [0, 0.05) is 16.8 Å². The zero-order valence-corrected chi connectivity index (χ0v) is 15.5. The van der Waals surface area contributed by atoms with Crippen molar-refractivity contribution in [3.05, 3.63) is 69.6 Å². The van der Waals surface area contributed by atoms with Crippen molar-refractivity contribution in [2.75, 3.05) is 18.0 Å². The molecule has 0 spiro atoms. The normalized spacial score (nSPS) is 15.3. The Hall–Kier alpha value is -4.02. The zero-order valence-electron chi connectivity index (χ0n) is 15.5. The molecule has 3 N–H and O–H groups in total. The molecule has 0 bridgehead atoms. The van der Waals surface area contributed by atoms with Crippen LogP contribution >= 0.6 is 0 Å². The van der Waals surface area contributed by atoms with Gasteiger partial charge < -0.3 is 4.74 Å². The third-order valence-corrected chi connectivity index (χ3v) is 4.36. The number of anilines is 1. The molecule has 2 amide bonds. The molecule has 1 aromatic carbocycles. The van der Waals surface area contributed by atoms with Crippen LogP contribution in [0.4, 0.5) is 14.9 Å². The van der Waals surface area contributed by atoms with Crippen LogP contribution in [0.2, 0.25) is 0 Å². The van der Waals surface area contributed by atoms with Gasteiger partial charge in [-0.05, 0) is 29.8 Å². The van der Waals surface area contributed by atoms with Gasteiger partial charge in [-0.25, -0.2) is 15.0 Å². The van der Waals surface area contributed by atoms with Gasteiger partial charge in [-0.3, -0.25) is 24.9 Å². The third-order valence-electron chi connectivity index (χ3n) is 4.36. The van der Waals surface area contributed by atoms with Gasteiger partial charge in [0.1, 0.15) is 11.9 Å². The number of cyclic esters (lactones) is 1. The molecular weight excluding hydrogens is 397 g/mol. The molecule has 1 unspecified atom stereocenters. The van der Waals surface area contributed by atoms with Crippen molar-refractivity contribution in [2.45, 2.75) is 12.5 Å². The zero-order chi connectivity index (χ0) is 21.7. The number of halogens is 1. The van der Waals surface area contributed by atoms with Crippen LogP contribution in [0.1, 0.15) is 26.4 Å². The van der Waals surface area contributed by atoms with E-state index in [1.165, 1.54) is 12.3 Å². The van der Waals surface area contributed by atoms with Crippen LogP contribution in [0.25, 0.3) is 10.4 Å². The number of nitrogens with two attached hydrogens (primary N) is 1. The molecule has 1 saturated heterocycles. The molecule has 0 saturated carbocycles. The van der Waals surface area contributed by atoms with Crippen molar-refractivity contribution >= 4 is 23.5 Å². The van der Waals surface area contributed by atoms with Crippen LogP contribution in [-0.2, 0) is 11.2 Å². The number of hydrazine groups is 1. The fraction of sp³-hybridized carbons (Fsp3) is 0.222. The molecule has 12 heteroatoms. The van der Waals surface area contributed by atoms with Crippen molar-refractivity contribution in [3.63, 3.8) is 0 Å². The van der Waals surface area contributed by atoms with Crippen LogP contribution < -0.4 is 16.2 Å². The van der Waals surface area contributed by atoms with Gasteiger partial charge >= 0.3 is 6.09 Å². The molecule has 0 radical (unpaired) electrons. The minimum absolute atomic E-state index is 0.0659. The standard InChI is InChI=1S/C18H16FN7O4/c19-16-12(17(28)24-20)4-5-13(26-9-11(8-23-25-21)30-18(26)29)15(16)14(27)7-10-3-1-2-6-22-10/h1-6,11H,7-9,20H2,(H,24,28). The van der Waals surface area contributed by atoms with Crippen molar-refractivity contribution in [3.8, 4) is 0 Å². The number of rotatable bonds is 7. The monoisotopic (exact) mass is 413 g/mol. The molecule has 1 aromatic heterocycles. The Morgan fingerprint density at radius 1 is 1.40 bits per heavy atom. The van der Waals surface area contributed by atoms with E-state index < -0.39 is 40.8 Å². The number of aromatic nitrogens is 1. The maximum Gasteiger partial charge on any atom is 0.414 e. The van der Waals surface area contributed by atoms with E-state index in [4.69, 9.17) is 16.1 Å². The smallest absolute Gasteiger partial charge is 0.414 e. The van der Waals surface area contributed by atoms with Gasteiger partial charge in [-0.1, -0.05) is 11.2 Å². The summed E-state index contributed by atoms with van der Waals surface area (Å²) in [6.45, 7) is -0.185. The lowest BCUT2D eigenvalue weighted by Crippen LogP contribution is -2.32. The number of amides is 2. The number of nitrogens with zero attached hydrogens (tertiary/aromatic N) is 5. The van der Waals surface area contributed by atoms with E-state index in [-0.39, 0.29) is 25.2 Å². The predicted octanol–water partition coefficient (Wildman–Crippen LogP) is 1.89. The van der Waals surface area contributed by atoms with Gasteiger partial charge in [0.15, 0.2) is 5.78 Å². The summed E-state index contributed by atoms with van der Waals surface area (Å²) in [7, 11) is 0. The van der Waals surface area contributed by atoms with E-state index in [9.17, 15) is 14.4 Å². The molecule has 1 aliphatic rings. The number of hydrogen-bond acceptors (Lipinski definition) is 7. The van der Waals surface area contributed by atoms with Crippen molar-refractivity contribution in [2.24, 2.45) is 11.0 Å². The highest BCUT2D eigenvalue weighted by Gasteiger charge is 2.36. The molecule has 3 rings (SSSR count). The molecule has 1 atom stereocenters. The van der Waals surface area contributed by atoms with Gasteiger partial charge in [0.05, 0.1) is 36.3 Å². The van der Waals surface area contributed by atoms with Gasteiger partial charge in [-0.15, -0.1) is 0 Å². The number of carbonyl (C=O) groups excluding carboxylic acids is 3. The summed E-state index contributed by atoms with van der Waals surface area (Å²) in [5.74, 6) is 2.33. The van der Waals surface area contributed by atoms with Crippen LogP contribution in [0.15, 0.2) is 41.6 Å². The summed E-state index contributed by atoms with van der Waals surface area (Å²) >= 11 is 0. The maximum absolute atomic E-state index is 15.2. The number of benzene rings is 1. The van der Waals surface area contributed by atoms with E-state index in [0.717, 1.165) is 11.0 Å². The van der Waals surface area contributed by atoms with Crippen molar-refractivity contribution in [1.29, 1.82) is 0 Å². The molecule has 0 aliphatic carbocycles. The van der Waals surface area contributed by atoms with Crippen LogP contribution in [0, 0.1) is 5.82 Å². The van der Waals surface area contributed by atoms with Gasteiger partial charge in [0.2, 0.25) is 0 Å². The fourth-order valence-electron chi connectivity index (χ4n) is 3.01. The van der Waals surface area contributed by atoms with E-state index in [1.54, 1.807) is 18.2 Å². The Bertz CT molecular complexity index is 1040.